The first kappa shape index (κ1) is 11.9. The molecule has 0 fully saturated rings. The Balaban J connectivity index is 2.24. The van der Waals surface area contributed by atoms with Crippen LogP contribution in [0.2, 0.25) is 0 Å². The summed E-state index contributed by atoms with van der Waals surface area (Å²) in [5.41, 5.74) is 9.24. The minimum atomic E-state index is 0.395. The van der Waals surface area contributed by atoms with E-state index in [1.165, 1.54) is 0 Å². The van der Waals surface area contributed by atoms with E-state index >= 15 is 0 Å². The lowest BCUT2D eigenvalue weighted by Crippen LogP contribution is -1.94. The molecule has 96 valence electrons. The Labute approximate surface area is 114 Å². The average molecular weight is 272 g/mol. The first-order valence-electron chi connectivity index (χ1n) is 5.77. The van der Waals surface area contributed by atoms with Crippen LogP contribution in [-0.2, 0) is 0 Å². The lowest BCUT2D eigenvalue weighted by molar-refractivity contribution is 0.435. The number of nitrogen functional groups attached to an aromatic ring is 1. The molecule has 3 aromatic rings. The highest BCUT2D eigenvalue weighted by Gasteiger charge is 2.20. The highest BCUT2D eigenvalue weighted by atomic mass is 32.1. The smallest absolute Gasteiger partial charge is 0.179 e. The normalized spacial score (nSPS) is 10.8. The maximum absolute atomic E-state index is 5.92. The number of hydrogen-bond acceptors (Lipinski definition) is 6. The summed E-state index contributed by atoms with van der Waals surface area (Å²) in [5, 5.41) is 14.0. The fraction of sp³-hybridized carbons (Fsp3) is 0.154. The van der Waals surface area contributed by atoms with Crippen LogP contribution in [0.15, 0.2) is 28.1 Å². The molecule has 0 aromatic carbocycles. The molecular formula is C13H12N4OS. The van der Waals surface area contributed by atoms with Gasteiger partial charge in [-0.25, -0.2) is 0 Å². The Morgan fingerprint density at radius 3 is 2.84 bits per heavy atom. The van der Waals surface area contributed by atoms with Gasteiger partial charge >= 0.3 is 0 Å². The van der Waals surface area contributed by atoms with E-state index in [4.69, 9.17) is 10.3 Å². The molecule has 19 heavy (non-hydrogen) atoms. The largest absolute Gasteiger partial charge is 0.380 e. The molecule has 0 aliphatic rings. The number of thiophene rings is 1. The lowest BCUT2D eigenvalue weighted by Gasteiger charge is -2.03. The molecule has 0 atom stereocenters. The number of hydrogen-bond donors (Lipinski definition) is 1. The van der Waals surface area contributed by atoms with E-state index in [9.17, 15) is 0 Å². The van der Waals surface area contributed by atoms with Crippen molar-refractivity contribution in [2.45, 2.75) is 13.8 Å². The number of nitrogens with zero attached hydrogens (tertiary/aromatic N) is 3. The Hall–Kier alpha value is -2.21. The minimum Gasteiger partial charge on any atom is -0.380 e. The van der Waals surface area contributed by atoms with Crippen LogP contribution < -0.4 is 5.73 Å². The second kappa shape index (κ2) is 4.47. The first-order valence-corrected chi connectivity index (χ1v) is 6.65. The van der Waals surface area contributed by atoms with Crippen LogP contribution >= 0.6 is 11.3 Å². The van der Waals surface area contributed by atoms with Gasteiger partial charge in [0.15, 0.2) is 11.6 Å². The fourth-order valence-corrected chi connectivity index (χ4v) is 2.70. The Kier molecular flexibility index (Phi) is 2.79. The van der Waals surface area contributed by atoms with Gasteiger partial charge in [-0.15, -0.1) is 11.3 Å². The van der Waals surface area contributed by atoms with E-state index < -0.39 is 0 Å². The van der Waals surface area contributed by atoms with Gasteiger partial charge in [-0.05, 0) is 31.4 Å². The number of aromatic nitrogens is 3. The quantitative estimate of drug-likeness (QED) is 0.775. The predicted molar refractivity (Wildman–Crippen MR) is 74.7 cm³/mol. The second-order valence-electron chi connectivity index (χ2n) is 4.23. The maximum Gasteiger partial charge on any atom is 0.179 e. The molecule has 0 saturated heterocycles. The SMILES string of the molecule is Cc1cc(-c2onc(N)c2-c2cccs2)c(C)nn1. The Morgan fingerprint density at radius 2 is 2.11 bits per heavy atom. The van der Waals surface area contributed by atoms with Crippen molar-refractivity contribution in [1.82, 2.24) is 15.4 Å². The molecule has 3 aromatic heterocycles. The van der Waals surface area contributed by atoms with Crippen molar-refractivity contribution < 1.29 is 4.52 Å². The monoisotopic (exact) mass is 272 g/mol. The molecule has 0 bridgehead atoms. The molecule has 0 aliphatic carbocycles. The van der Waals surface area contributed by atoms with Crippen molar-refractivity contribution in [3.8, 4) is 21.8 Å². The van der Waals surface area contributed by atoms with Crippen molar-refractivity contribution in [3.05, 3.63) is 35.0 Å². The number of aryl methyl sites for hydroxylation is 2. The zero-order valence-corrected chi connectivity index (χ0v) is 11.4. The van der Waals surface area contributed by atoms with Crippen molar-refractivity contribution in [1.29, 1.82) is 0 Å². The molecule has 3 rings (SSSR count). The van der Waals surface area contributed by atoms with Gasteiger partial charge in [-0.1, -0.05) is 11.2 Å². The van der Waals surface area contributed by atoms with Gasteiger partial charge in [0, 0.05) is 10.4 Å². The summed E-state index contributed by atoms with van der Waals surface area (Å²) in [4.78, 5) is 1.03. The molecule has 0 radical (unpaired) electrons. The van der Waals surface area contributed by atoms with Gasteiger partial charge in [0.2, 0.25) is 0 Å². The highest BCUT2D eigenvalue weighted by Crippen LogP contribution is 2.39. The van der Waals surface area contributed by atoms with Crippen molar-refractivity contribution in [2.24, 2.45) is 0 Å². The number of anilines is 1. The van der Waals surface area contributed by atoms with Gasteiger partial charge in [-0.2, -0.15) is 10.2 Å². The van der Waals surface area contributed by atoms with Crippen LogP contribution in [0.5, 0.6) is 0 Å². The third-order valence-corrected chi connectivity index (χ3v) is 3.72. The van der Waals surface area contributed by atoms with Gasteiger partial charge in [0.05, 0.1) is 17.0 Å². The van der Waals surface area contributed by atoms with Crippen molar-refractivity contribution in [2.75, 3.05) is 5.73 Å². The van der Waals surface area contributed by atoms with E-state index in [1.807, 2.05) is 37.4 Å². The fourth-order valence-electron chi connectivity index (χ4n) is 1.92. The summed E-state index contributed by atoms with van der Waals surface area (Å²) in [7, 11) is 0. The van der Waals surface area contributed by atoms with Crippen LogP contribution in [0.3, 0.4) is 0 Å². The summed E-state index contributed by atoms with van der Waals surface area (Å²) in [6.45, 7) is 3.78. The van der Waals surface area contributed by atoms with E-state index in [0.29, 0.717) is 11.6 Å². The number of rotatable bonds is 2. The topological polar surface area (TPSA) is 77.8 Å². The molecule has 0 unspecified atom stereocenters. The van der Waals surface area contributed by atoms with Crippen LogP contribution in [-0.4, -0.2) is 15.4 Å². The summed E-state index contributed by atoms with van der Waals surface area (Å²) in [6, 6.07) is 5.90. The molecule has 0 saturated carbocycles. The highest BCUT2D eigenvalue weighted by molar-refractivity contribution is 7.13. The predicted octanol–water partition coefficient (Wildman–Crippen LogP) is 3.06. The molecule has 0 aliphatic heterocycles. The Bertz CT molecular complexity index is 718. The molecule has 6 heteroatoms. The lowest BCUT2D eigenvalue weighted by atomic mass is 10.1. The average Bonchev–Trinajstić information content (AvgIpc) is 3.01. The van der Waals surface area contributed by atoms with Crippen LogP contribution in [0.1, 0.15) is 11.4 Å². The molecule has 0 spiro atoms. The van der Waals surface area contributed by atoms with Gasteiger partial charge < -0.3 is 10.3 Å². The third kappa shape index (κ3) is 2.00. The van der Waals surface area contributed by atoms with Gasteiger partial charge in [-0.3, -0.25) is 0 Å². The van der Waals surface area contributed by atoms with E-state index in [-0.39, 0.29) is 0 Å². The number of nitrogens with two attached hydrogens (primary N) is 1. The molecule has 5 nitrogen and oxygen atoms in total. The van der Waals surface area contributed by atoms with E-state index in [2.05, 4.69) is 15.4 Å². The summed E-state index contributed by atoms with van der Waals surface area (Å²) in [5.74, 6) is 1.04. The summed E-state index contributed by atoms with van der Waals surface area (Å²) < 4.78 is 5.40. The summed E-state index contributed by atoms with van der Waals surface area (Å²) in [6.07, 6.45) is 0. The van der Waals surface area contributed by atoms with Crippen LogP contribution in [0.4, 0.5) is 5.82 Å². The van der Waals surface area contributed by atoms with Gasteiger partial charge in [0.1, 0.15) is 0 Å². The Morgan fingerprint density at radius 1 is 1.26 bits per heavy atom. The molecular weight excluding hydrogens is 260 g/mol. The molecule has 0 amide bonds. The van der Waals surface area contributed by atoms with Crippen molar-refractivity contribution >= 4 is 17.2 Å². The van der Waals surface area contributed by atoms with Gasteiger partial charge in [0.25, 0.3) is 0 Å². The zero-order chi connectivity index (χ0) is 13.4. The maximum atomic E-state index is 5.92. The summed E-state index contributed by atoms with van der Waals surface area (Å²) >= 11 is 1.60. The second-order valence-corrected chi connectivity index (χ2v) is 5.18. The first-order chi connectivity index (χ1) is 9.16. The van der Waals surface area contributed by atoms with Crippen LogP contribution in [0, 0.1) is 13.8 Å². The van der Waals surface area contributed by atoms with E-state index in [0.717, 1.165) is 27.4 Å². The molecule has 2 N–H and O–H groups in total. The van der Waals surface area contributed by atoms with Crippen LogP contribution in [0.25, 0.3) is 21.8 Å². The van der Waals surface area contributed by atoms with E-state index in [1.54, 1.807) is 11.3 Å². The minimum absolute atomic E-state index is 0.395. The van der Waals surface area contributed by atoms with Crippen molar-refractivity contribution in [3.63, 3.8) is 0 Å². The third-order valence-electron chi connectivity index (χ3n) is 2.83. The molecule has 3 heterocycles. The standard InChI is InChI=1S/C13H12N4OS/c1-7-6-9(8(2)16-15-7)12-11(13(14)17-18-12)10-4-3-5-19-10/h3-6H,1-2H3,(H2,14,17). The zero-order valence-electron chi connectivity index (χ0n) is 10.5.